The lowest BCUT2D eigenvalue weighted by molar-refractivity contribution is -0.231. The first-order valence-electron chi connectivity index (χ1n) is 6.78. The maximum atomic E-state index is 13.8. The maximum Gasteiger partial charge on any atom is 0.406 e. The van der Waals surface area contributed by atoms with E-state index in [0.717, 1.165) is 12.1 Å². The number of hydrogen-bond donors (Lipinski definition) is 1. The fraction of sp³-hybridized carbons (Fsp3) is 0.188. The molecule has 0 amide bonds. The van der Waals surface area contributed by atoms with E-state index in [2.05, 4.69) is 0 Å². The molecule has 0 saturated heterocycles. The van der Waals surface area contributed by atoms with E-state index in [1.807, 2.05) is 5.18 Å². The molecule has 4 nitrogen and oxygen atoms in total. The fourth-order valence-electron chi connectivity index (χ4n) is 2.15. The third-order valence-corrected chi connectivity index (χ3v) is 3.79. The average Bonchev–Trinajstić information content (AvgIpc) is 2.56. The maximum absolute atomic E-state index is 13.8. The van der Waals surface area contributed by atoms with Gasteiger partial charge in [-0.2, -0.15) is 17.6 Å². The van der Waals surface area contributed by atoms with E-state index in [0.29, 0.717) is 16.1 Å². The molecule has 0 aliphatic rings. The largest absolute Gasteiger partial charge is 0.477 e. The zero-order valence-corrected chi connectivity index (χ0v) is 13.1. The van der Waals surface area contributed by atoms with Crippen molar-refractivity contribution in [2.45, 2.75) is 17.9 Å². The monoisotopic (exact) mass is 375 g/mol. The minimum Gasteiger partial charge on any atom is -0.477 e. The van der Waals surface area contributed by atoms with Crippen molar-refractivity contribution in [3.8, 4) is 11.1 Å². The van der Waals surface area contributed by atoms with Crippen LogP contribution < -0.4 is 0 Å². The lowest BCUT2D eigenvalue weighted by atomic mass is 9.94. The Hall–Kier alpha value is -2.48. The second kappa shape index (κ2) is 6.79. The van der Waals surface area contributed by atoms with Gasteiger partial charge in [-0.05, 0) is 28.8 Å². The van der Waals surface area contributed by atoms with Crippen LogP contribution in [0.2, 0.25) is 5.02 Å². The molecule has 0 bridgehead atoms. The Morgan fingerprint density at radius 2 is 1.40 bits per heavy atom. The summed E-state index contributed by atoms with van der Waals surface area (Å²) in [5, 5.41) is 10.8. The van der Waals surface area contributed by atoms with Gasteiger partial charge in [-0.3, -0.25) is 0 Å². The van der Waals surface area contributed by atoms with Gasteiger partial charge in [0.05, 0.1) is 0 Å². The van der Waals surface area contributed by atoms with E-state index in [4.69, 9.17) is 16.7 Å². The van der Waals surface area contributed by atoms with Crippen LogP contribution in [-0.4, -0.2) is 22.9 Å². The molecule has 2 aromatic rings. The van der Waals surface area contributed by atoms with Crippen LogP contribution in [0.15, 0.2) is 53.7 Å². The molecule has 132 valence electrons. The Balaban J connectivity index is 2.37. The van der Waals surface area contributed by atoms with Gasteiger partial charge in [-0.25, -0.2) is 4.79 Å². The number of carboxylic acid groups (broad SMARTS) is 1. The standard InChI is InChI=1S/C16H10ClF4NO3/c17-12-7-5-10(6-8-12)9-1-3-11(4-2-9)13(22-25)15(18,19)16(20,21)14(23)24/h1-8,13H,(H,23,24). The number of aliphatic carboxylic acids is 1. The van der Waals surface area contributed by atoms with Gasteiger partial charge >= 0.3 is 17.8 Å². The second-order valence-corrected chi connectivity index (χ2v) is 5.58. The molecule has 0 saturated carbocycles. The van der Waals surface area contributed by atoms with E-state index in [9.17, 15) is 27.3 Å². The molecule has 25 heavy (non-hydrogen) atoms. The van der Waals surface area contributed by atoms with E-state index < -0.39 is 29.4 Å². The lowest BCUT2D eigenvalue weighted by Crippen LogP contribution is -2.50. The summed E-state index contributed by atoms with van der Waals surface area (Å²) in [6, 6.07) is 8.34. The van der Waals surface area contributed by atoms with Gasteiger partial charge in [0.1, 0.15) is 0 Å². The molecule has 0 spiro atoms. The summed E-state index contributed by atoms with van der Waals surface area (Å²) in [5.41, 5.74) is 0.700. The number of hydrogen-bond acceptors (Lipinski definition) is 3. The fourth-order valence-corrected chi connectivity index (χ4v) is 2.28. The molecular weight excluding hydrogens is 366 g/mol. The topological polar surface area (TPSA) is 66.7 Å². The molecule has 1 N–H and O–H groups in total. The molecule has 2 aromatic carbocycles. The summed E-state index contributed by atoms with van der Waals surface area (Å²) >= 11 is 5.75. The van der Waals surface area contributed by atoms with Crippen molar-refractivity contribution in [3.05, 3.63) is 64.0 Å². The molecule has 0 heterocycles. The molecule has 0 aromatic heterocycles. The van der Waals surface area contributed by atoms with Gasteiger partial charge in [0.25, 0.3) is 0 Å². The van der Waals surface area contributed by atoms with Crippen molar-refractivity contribution in [1.82, 2.24) is 0 Å². The smallest absolute Gasteiger partial charge is 0.406 e. The minimum absolute atomic E-state index is 0.487. The van der Waals surface area contributed by atoms with Gasteiger partial charge in [0.2, 0.25) is 0 Å². The van der Waals surface area contributed by atoms with Crippen LogP contribution in [0.4, 0.5) is 17.6 Å². The van der Waals surface area contributed by atoms with Crippen LogP contribution in [0, 0.1) is 4.91 Å². The molecule has 0 aliphatic carbocycles. The van der Waals surface area contributed by atoms with Gasteiger partial charge in [-0.1, -0.05) is 53.2 Å². The van der Waals surface area contributed by atoms with Gasteiger partial charge in [0, 0.05) is 5.02 Å². The van der Waals surface area contributed by atoms with Crippen LogP contribution in [0.1, 0.15) is 11.6 Å². The highest BCUT2D eigenvalue weighted by atomic mass is 35.5. The normalized spacial score (nSPS) is 13.3. The van der Waals surface area contributed by atoms with Crippen molar-refractivity contribution >= 4 is 17.6 Å². The van der Waals surface area contributed by atoms with E-state index >= 15 is 0 Å². The molecule has 2 rings (SSSR count). The summed E-state index contributed by atoms with van der Waals surface area (Å²) in [6.07, 6.45) is 0. The van der Waals surface area contributed by atoms with E-state index in [1.54, 1.807) is 24.3 Å². The highest BCUT2D eigenvalue weighted by Crippen LogP contribution is 2.46. The van der Waals surface area contributed by atoms with Crippen LogP contribution in [0.5, 0.6) is 0 Å². The molecular formula is C16H10ClF4NO3. The Labute approximate surface area is 144 Å². The molecule has 1 unspecified atom stereocenters. The summed E-state index contributed by atoms with van der Waals surface area (Å²) < 4.78 is 54.2. The quantitative estimate of drug-likeness (QED) is 0.559. The number of nitroso groups, excluding NO2 is 1. The third kappa shape index (κ3) is 3.48. The van der Waals surface area contributed by atoms with Crippen LogP contribution in [0.25, 0.3) is 11.1 Å². The summed E-state index contributed by atoms with van der Waals surface area (Å²) in [7, 11) is 0. The van der Waals surface area contributed by atoms with Crippen LogP contribution in [-0.2, 0) is 4.79 Å². The SMILES string of the molecule is O=NC(c1ccc(-c2ccc(Cl)cc2)cc1)C(F)(F)C(F)(F)C(=O)O. The van der Waals surface area contributed by atoms with Crippen molar-refractivity contribution in [3.63, 3.8) is 0 Å². The predicted octanol–water partition coefficient (Wildman–Crippen LogP) is 5.17. The number of nitrogens with zero attached hydrogens (tertiary/aromatic N) is 1. The third-order valence-electron chi connectivity index (χ3n) is 3.54. The second-order valence-electron chi connectivity index (χ2n) is 5.14. The number of carboxylic acids is 1. The van der Waals surface area contributed by atoms with Crippen molar-refractivity contribution in [1.29, 1.82) is 0 Å². The summed E-state index contributed by atoms with van der Waals surface area (Å²) in [6.45, 7) is 0. The zero-order chi connectivity index (χ0) is 18.8. The average molecular weight is 376 g/mol. The van der Waals surface area contributed by atoms with Gasteiger partial charge < -0.3 is 5.11 Å². The predicted molar refractivity (Wildman–Crippen MR) is 83.0 cm³/mol. The summed E-state index contributed by atoms with van der Waals surface area (Å²) in [4.78, 5) is 21.1. The highest BCUT2D eigenvalue weighted by molar-refractivity contribution is 6.30. The molecule has 9 heteroatoms. The number of alkyl halides is 4. The number of rotatable bonds is 6. The molecule has 1 atom stereocenters. The van der Waals surface area contributed by atoms with Crippen molar-refractivity contribution < 1.29 is 27.5 Å². The molecule has 0 radical (unpaired) electrons. The number of carbonyl (C=O) groups is 1. The zero-order valence-electron chi connectivity index (χ0n) is 12.3. The van der Waals surface area contributed by atoms with Gasteiger partial charge in [-0.15, -0.1) is 4.91 Å². The Morgan fingerprint density at radius 3 is 1.80 bits per heavy atom. The van der Waals surface area contributed by atoms with Crippen molar-refractivity contribution in [2.24, 2.45) is 5.18 Å². The molecule has 0 aliphatic heterocycles. The lowest BCUT2D eigenvalue weighted by Gasteiger charge is -2.26. The van der Waals surface area contributed by atoms with Crippen LogP contribution >= 0.6 is 11.6 Å². The Kier molecular flexibility index (Phi) is 5.12. The first-order valence-corrected chi connectivity index (χ1v) is 7.16. The first kappa shape index (κ1) is 18.9. The minimum atomic E-state index is -5.44. The first-order chi connectivity index (χ1) is 11.6. The number of benzene rings is 2. The number of halogens is 5. The van der Waals surface area contributed by atoms with Crippen molar-refractivity contribution in [2.75, 3.05) is 0 Å². The highest BCUT2D eigenvalue weighted by Gasteiger charge is 2.67. The van der Waals surface area contributed by atoms with E-state index in [1.165, 1.54) is 12.1 Å². The summed E-state index contributed by atoms with van der Waals surface area (Å²) in [5.74, 6) is -13.7. The Morgan fingerprint density at radius 1 is 0.960 bits per heavy atom. The molecule has 0 fully saturated rings. The Bertz CT molecular complexity index is 779. The van der Waals surface area contributed by atoms with E-state index in [-0.39, 0.29) is 0 Å². The van der Waals surface area contributed by atoms with Gasteiger partial charge in [0.15, 0.2) is 6.04 Å². The van der Waals surface area contributed by atoms with Crippen LogP contribution in [0.3, 0.4) is 0 Å².